The molecule has 4 rings (SSSR count). The van der Waals surface area contributed by atoms with E-state index in [1.165, 1.54) is 0 Å². The van der Waals surface area contributed by atoms with E-state index in [9.17, 15) is 9.59 Å². The summed E-state index contributed by atoms with van der Waals surface area (Å²) in [7, 11) is 1.60. The smallest absolute Gasteiger partial charge is 0.310 e. The highest BCUT2D eigenvalue weighted by atomic mass is 16.5. The van der Waals surface area contributed by atoms with Gasteiger partial charge in [0.15, 0.2) is 5.58 Å². The van der Waals surface area contributed by atoms with Crippen LogP contribution in [0, 0.1) is 0 Å². The quantitative estimate of drug-likeness (QED) is 0.260. The lowest BCUT2D eigenvalue weighted by Gasteiger charge is -2.12. The molecule has 0 fully saturated rings. The molecule has 2 heterocycles. The van der Waals surface area contributed by atoms with Gasteiger partial charge in [0.2, 0.25) is 0 Å². The Bertz CT molecular complexity index is 1330. The van der Waals surface area contributed by atoms with Crippen molar-refractivity contribution in [2.45, 2.75) is 19.4 Å². The number of esters is 1. The lowest BCUT2D eigenvalue weighted by Crippen LogP contribution is -2.17. The van der Waals surface area contributed by atoms with Crippen LogP contribution in [0.25, 0.3) is 22.2 Å². The van der Waals surface area contributed by atoms with Crippen LogP contribution in [0.3, 0.4) is 0 Å². The monoisotopic (exact) mass is 473 g/mol. The Hall–Kier alpha value is -4.01. The van der Waals surface area contributed by atoms with Crippen molar-refractivity contribution >= 4 is 28.7 Å². The van der Waals surface area contributed by atoms with Crippen molar-refractivity contribution in [1.82, 2.24) is 4.98 Å². The number of fused-ring (bicyclic) bond motifs is 1. The fourth-order valence-corrected chi connectivity index (χ4v) is 3.73. The second-order valence-corrected chi connectivity index (χ2v) is 7.95. The Kier molecular flexibility index (Phi) is 7.87. The van der Waals surface area contributed by atoms with Crippen molar-refractivity contribution in [3.8, 4) is 11.1 Å². The highest BCUT2D eigenvalue weighted by Gasteiger charge is 2.17. The van der Waals surface area contributed by atoms with Gasteiger partial charge in [0.1, 0.15) is 11.2 Å². The molecule has 4 aromatic rings. The molecule has 0 aliphatic heterocycles. The van der Waals surface area contributed by atoms with E-state index in [1.54, 1.807) is 43.7 Å². The predicted molar refractivity (Wildman–Crippen MR) is 133 cm³/mol. The van der Waals surface area contributed by atoms with Gasteiger partial charge in [-0.2, -0.15) is 0 Å². The summed E-state index contributed by atoms with van der Waals surface area (Å²) in [5.74, 6) is -0.770. The second-order valence-electron chi connectivity index (χ2n) is 7.95. The Morgan fingerprint density at radius 1 is 1.06 bits per heavy atom. The molecule has 0 aliphatic carbocycles. The molecule has 180 valence electrons. The fraction of sp³-hybridized carbons (Fsp3) is 0.222. The first-order valence-electron chi connectivity index (χ1n) is 11.3. The summed E-state index contributed by atoms with van der Waals surface area (Å²) in [6.45, 7) is 1.20. The molecular weight excluding hydrogens is 446 g/mol. The van der Waals surface area contributed by atoms with Crippen molar-refractivity contribution in [2.75, 3.05) is 25.6 Å². The third-order valence-electron chi connectivity index (χ3n) is 5.47. The largest absolute Gasteiger partial charge is 0.465 e. The number of rotatable bonds is 10. The summed E-state index contributed by atoms with van der Waals surface area (Å²) >= 11 is 0. The molecule has 8 heteroatoms. The number of methoxy groups -OCH3 is 1. The van der Waals surface area contributed by atoms with Crippen LogP contribution < -0.4 is 11.1 Å². The lowest BCUT2D eigenvalue weighted by molar-refractivity contribution is -0.143. The Balaban J connectivity index is 1.57. The molecule has 0 bridgehead atoms. The van der Waals surface area contributed by atoms with Crippen molar-refractivity contribution in [1.29, 1.82) is 0 Å². The molecule has 0 unspecified atom stereocenters. The molecule has 35 heavy (non-hydrogen) atoms. The van der Waals surface area contributed by atoms with Crippen LogP contribution in [0.1, 0.15) is 28.0 Å². The standard InChI is InChI=1S/C27H27N3O5/c1-33-11-5-12-34-25(31)15-20-7-2-3-9-22(20)30-27(32)24-16-21(26-23(29-24)10-13-35-26)19-8-4-6-18(14-19)17-28/h2-4,6-10,13-14,16H,5,11-12,15,17,28H2,1H3,(H,30,32). The minimum Gasteiger partial charge on any atom is -0.465 e. The number of nitrogens with two attached hydrogens (primary N) is 1. The lowest BCUT2D eigenvalue weighted by atomic mass is 10.0. The van der Waals surface area contributed by atoms with E-state index in [2.05, 4.69) is 10.3 Å². The molecule has 0 radical (unpaired) electrons. The van der Waals surface area contributed by atoms with Gasteiger partial charge in [0.25, 0.3) is 5.91 Å². The Labute approximate surface area is 203 Å². The van der Waals surface area contributed by atoms with E-state index in [1.807, 2.05) is 30.3 Å². The van der Waals surface area contributed by atoms with E-state index in [4.69, 9.17) is 19.6 Å². The van der Waals surface area contributed by atoms with Gasteiger partial charge in [-0.15, -0.1) is 0 Å². The summed E-state index contributed by atoms with van der Waals surface area (Å²) in [5.41, 5.74) is 10.9. The zero-order valence-corrected chi connectivity index (χ0v) is 19.5. The highest BCUT2D eigenvalue weighted by Crippen LogP contribution is 2.30. The van der Waals surface area contributed by atoms with Crippen LogP contribution in [-0.2, 0) is 27.2 Å². The summed E-state index contributed by atoms with van der Waals surface area (Å²) in [6, 6.07) is 18.3. The molecule has 0 aliphatic rings. The number of anilines is 1. The molecule has 0 saturated heterocycles. The number of carbonyl (C=O) groups is 2. The predicted octanol–water partition coefficient (Wildman–Crippen LogP) is 4.33. The van der Waals surface area contributed by atoms with Crippen molar-refractivity contribution in [3.05, 3.63) is 83.7 Å². The third-order valence-corrected chi connectivity index (χ3v) is 5.47. The summed E-state index contributed by atoms with van der Waals surface area (Å²) in [5, 5.41) is 2.89. The van der Waals surface area contributed by atoms with Gasteiger partial charge < -0.3 is 24.9 Å². The first-order chi connectivity index (χ1) is 17.1. The normalized spacial score (nSPS) is 10.9. The highest BCUT2D eigenvalue weighted by molar-refractivity contribution is 6.06. The maximum absolute atomic E-state index is 13.2. The number of furan rings is 1. The fourth-order valence-electron chi connectivity index (χ4n) is 3.73. The minimum atomic E-state index is -0.398. The van der Waals surface area contributed by atoms with Crippen LogP contribution in [0.15, 0.2) is 71.3 Å². The molecular formula is C27H27N3O5. The van der Waals surface area contributed by atoms with Gasteiger partial charge in [0.05, 0.1) is 19.3 Å². The SMILES string of the molecule is COCCCOC(=O)Cc1ccccc1NC(=O)c1cc(-c2cccc(CN)c2)c2occc2n1. The van der Waals surface area contributed by atoms with Gasteiger partial charge in [-0.05, 0) is 34.9 Å². The van der Waals surface area contributed by atoms with Crippen LogP contribution in [-0.4, -0.2) is 37.2 Å². The number of nitrogens with one attached hydrogen (secondary N) is 1. The topological polar surface area (TPSA) is 117 Å². The van der Waals surface area contributed by atoms with Crippen molar-refractivity contribution in [3.63, 3.8) is 0 Å². The van der Waals surface area contributed by atoms with E-state index in [0.717, 1.165) is 16.7 Å². The van der Waals surface area contributed by atoms with E-state index in [-0.39, 0.29) is 24.7 Å². The van der Waals surface area contributed by atoms with Gasteiger partial charge in [-0.25, -0.2) is 4.98 Å². The second kappa shape index (κ2) is 11.4. The van der Waals surface area contributed by atoms with Gasteiger partial charge >= 0.3 is 5.97 Å². The van der Waals surface area contributed by atoms with Crippen molar-refractivity contribution in [2.24, 2.45) is 5.73 Å². The van der Waals surface area contributed by atoms with Gasteiger partial charge in [-0.3, -0.25) is 9.59 Å². The number of pyridine rings is 1. The van der Waals surface area contributed by atoms with E-state index in [0.29, 0.717) is 41.9 Å². The number of nitrogens with zero attached hydrogens (tertiary/aromatic N) is 1. The first kappa shape index (κ1) is 24.1. The number of para-hydroxylation sites is 1. The molecule has 2 aromatic carbocycles. The molecule has 1 amide bonds. The Morgan fingerprint density at radius 3 is 2.74 bits per heavy atom. The maximum Gasteiger partial charge on any atom is 0.310 e. The number of carbonyl (C=O) groups excluding carboxylic acids is 2. The number of aromatic nitrogens is 1. The first-order valence-corrected chi connectivity index (χ1v) is 11.3. The number of ether oxygens (including phenoxy) is 2. The zero-order valence-electron chi connectivity index (χ0n) is 19.5. The van der Waals surface area contributed by atoms with Crippen LogP contribution in [0.5, 0.6) is 0 Å². The molecule has 2 aromatic heterocycles. The molecule has 3 N–H and O–H groups in total. The average molecular weight is 474 g/mol. The van der Waals surface area contributed by atoms with Crippen molar-refractivity contribution < 1.29 is 23.5 Å². The van der Waals surface area contributed by atoms with Gasteiger partial charge in [0, 0.05) is 44.0 Å². The minimum absolute atomic E-state index is 0.0365. The molecule has 0 saturated carbocycles. The zero-order chi connectivity index (χ0) is 24.6. The van der Waals surface area contributed by atoms with Crippen LogP contribution in [0.2, 0.25) is 0 Å². The number of hydrogen-bond donors (Lipinski definition) is 2. The Morgan fingerprint density at radius 2 is 1.91 bits per heavy atom. The van der Waals surface area contributed by atoms with Crippen LogP contribution in [0.4, 0.5) is 5.69 Å². The summed E-state index contributed by atoms with van der Waals surface area (Å²) in [4.78, 5) is 29.9. The summed E-state index contributed by atoms with van der Waals surface area (Å²) < 4.78 is 15.9. The average Bonchev–Trinajstić information content (AvgIpc) is 3.36. The third kappa shape index (κ3) is 5.92. The molecule has 0 spiro atoms. The van der Waals surface area contributed by atoms with Gasteiger partial charge in [-0.1, -0.05) is 36.4 Å². The molecule has 8 nitrogen and oxygen atoms in total. The number of hydrogen-bond acceptors (Lipinski definition) is 7. The number of benzene rings is 2. The maximum atomic E-state index is 13.2. The van der Waals surface area contributed by atoms with E-state index < -0.39 is 5.91 Å². The molecule has 0 atom stereocenters. The van der Waals surface area contributed by atoms with E-state index >= 15 is 0 Å². The summed E-state index contributed by atoms with van der Waals surface area (Å²) in [6.07, 6.45) is 2.21. The number of amides is 1. The van der Waals surface area contributed by atoms with Crippen LogP contribution >= 0.6 is 0 Å².